The molecule has 0 fully saturated rings. The highest BCUT2D eigenvalue weighted by Crippen LogP contribution is 2.17. The van der Waals surface area contributed by atoms with Gasteiger partial charge >= 0.3 is 0 Å². The molecular formula is C41H80. The summed E-state index contributed by atoms with van der Waals surface area (Å²) < 4.78 is 0. The highest BCUT2D eigenvalue weighted by molar-refractivity contribution is 4.82. The number of rotatable bonds is 37. The monoisotopic (exact) mass is 573 g/mol. The lowest BCUT2D eigenvalue weighted by Crippen LogP contribution is -1.85. The summed E-state index contributed by atoms with van der Waals surface area (Å²) in [5, 5.41) is 0. The summed E-state index contributed by atoms with van der Waals surface area (Å²) in [5.74, 6) is 2.74. The summed E-state index contributed by atoms with van der Waals surface area (Å²) >= 11 is 0. The first-order chi connectivity index (χ1) is 20.4. The molecule has 0 heterocycles. The average molecular weight is 573 g/mol. The van der Waals surface area contributed by atoms with Crippen molar-refractivity contribution < 1.29 is 0 Å². The molecule has 0 aliphatic rings. The van der Waals surface area contributed by atoms with E-state index in [4.69, 9.17) is 6.42 Å². The van der Waals surface area contributed by atoms with E-state index in [1.54, 1.807) is 0 Å². The molecular weight excluding hydrogens is 492 g/mol. The van der Waals surface area contributed by atoms with Gasteiger partial charge in [-0.15, -0.1) is 12.3 Å². The Morgan fingerprint density at radius 2 is 0.390 bits per heavy atom. The highest BCUT2D eigenvalue weighted by atomic mass is 14.0. The van der Waals surface area contributed by atoms with Gasteiger partial charge in [0.05, 0.1) is 0 Å². The quantitative estimate of drug-likeness (QED) is 0.0513. The van der Waals surface area contributed by atoms with Gasteiger partial charge in [-0.3, -0.25) is 0 Å². The fourth-order valence-electron chi connectivity index (χ4n) is 6.49. The molecule has 0 unspecified atom stereocenters. The van der Waals surface area contributed by atoms with E-state index >= 15 is 0 Å². The van der Waals surface area contributed by atoms with Gasteiger partial charge in [-0.1, -0.05) is 238 Å². The van der Waals surface area contributed by atoms with Gasteiger partial charge in [0.15, 0.2) is 0 Å². The molecule has 0 amide bonds. The predicted molar refractivity (Wildman–Crippen MR) is 190 cm³/mol. The van der Waals surface area contributed by atoms with Gasteiger partial charge in [-0.25, -0.2) is 0 Å². The Hall–Kier alpha value is -0.440. The van der Waals surface area contributed by atoms with Crippen LogP contribution in [0.15, 0.2) is 0 Å². The van der Waals surface area contributed by atoms with Crippen molar-refractivity contribution in [1.29, 1.82) is 0 Å². The van der Waals surface area contributed by atoms with Crippen LogP contribution < -0.4 is 0 Å². The maximum atomic E-state index is 5.30. The smallest absolute Gasteiger partial charge is 0.00860 e. The van der Waals surface area contributed by atoms with E-state index in [2.05, 4.69) is 12.8 Å². The van der Waals surface area contributed by atoms with Crippen molar-refractivity contribution in [3.05, 3.63) is 0 Å². The largest absolute Gasteiger partial charge is 0.120 e. The van der Waals surface area contributed by atoms with Crippen molar-refractivity contribution >= 4 is 0 Å². The second kappa shape index (κ2) is 39.6. The lowest BCUT2D eigenvalue weighted by Gasteiger charge is -2.05. The first-order valence-corrected chi connectivity index (χ1v) is 19.8. The Morgan fingerprint density at radius 1 is 0.244 bits per heavy atom. The van der Waals surface area contributed by atoms with Crippen molar-refractivity contribution in [2.45, 2.75) is 251 Å². The standard InChI is InChI=1S/C41H80/c1-3-5-7-9-11-13-15-17-19-21-23-25-27-29-31-33-35-37-39-41-40-38-36-34-32-30-28-26-24-22-20-18-16-14-12-10-8-6-4-2/h1H,4-41H2,2H3. The lowest BCUT2D eigenvalue weighted by molar-refractivity contribution is 0.510. The lowest BCUT2D eigenvalue weighted by atomic mass is 10.0. The van der Waals surface area contributed by atoms with Crippen molar-refractivity contribution in [2.75, 3.05) is 0 Å². The van der Waals surface area contributed by atoms with E-state index in [9.17, 15) is 0 Å². The Labute approximate surface area is 262 Å². The topological polar surface area (TPSA) is 0 Å². The minimum absolute atomic E-state index is 0.972. The Kier molecular flexibility index (Phi) is 39.1. The zero-order valence-electron chi connectivity index (χ0n) is 28.9. The summed E-state index contributed by atoms with van der Waals surface area (Å²) in [6, 6.07) is 0. The molecule has 0 rings (SSSR count). The van der Waals surface area contributed by atoms with Gasteiger partial charge in [-0.05, 0) is 6.42 Å². The van der Waals surface area contributed by atoms with E-state index in [-0.39, 0.29) is 0 Å². The van der Waals surface area contributed by atoms with Crippen molar-refractivity contribution in [2.24, 2.45) is 0 Å². The molecule has 0 saturated carbocycles. The van der Waals surface area contributed by atoms with Gasteiger partial charge in [-0.2, -0.15) is 0 Å². The van der Waals surface area contributed by atoms with E-state index < -0.39 is 0 Å². The Bertz CT molecular complexity index is 471. The van der Waals surface area contributed by atoms with Crippen LogP contribution in [0.2, 0.25) is 0 Å². The molecule has 0 aliphatic carbocycles. The zero-order valence-corrected chi connectivity index (χ0v) is 28.9. The minimum atomic E-state index is 0.972. The van der Waals surface area contributed by atoms with Gasteiger partial charge in [0.25, 0.3) is 0 Å². The zero-order chi connectivity index (χ0) is 29.6. The Morgan fingerprint density at radius 3 is 0.537 bits per heavy atom. The van der Waals surface area contributed by atoms with E-state index in [1.807, 2.05) is 0 Å². The third-order valence-corrected chi connectivity index (χ3v) is 9.42. The minimum Gasteiger partial charge on any atom is -0.120 e. The van der Waals surface area contributed by atoms with E-state index in [1.165, 1.54) is 238 Å². The van der Waals surface area contributed by atoms with E-state index in [0.717, 1.165) is 6.42 Å². The average Bonchev–Trinajstić information content (AvgIpc) is 2.98. The molecule has 0 nitrogen and oxygen atoms in total. The summed E-state index contributed by atoms with van der Waals surface area (Å²) in [6.07, 6.45) is 60.4. The molecule has 244 valence electrons. The van der Waals surface area contributed by atoms with Crippen LogP contribution in [0.1, 0.15) is 251 Å². The summed E-state index contributed by atoms with van der Waals surface area (Å²) in [7, 11) is 0. The summed E-state index contributed by atoms with van der Waals surface area (Å²) in [6.45, 7) is 2.31. The highest BCUT2D eigenvalue weighted by Gasteiger charge is 1.97. The molecule has 0 radical (unpaired) electrons. The number of unbranched alkanes of at least 4 members (excludes halogenated alkanes) is 37. The van der Waals surface area contributed by atoms with Gasteiger partial charge in [0.2, 0.25) is 0 Å². The molecule has 0 bridgehead atoms. The summed E-state index contributed by atoms with van der Waals surface area (Å²) in [4.78, 5) is 0. The van der Waals surface area contributed by atoms with Crippen LogP contribution in [0.5, 0.6) is 0 Å². The fourth-order valence-corrected chi connectivity index (χ4v) is 6.49. The van der Waals surface area contributed by atoms with E-state index in [0.29, 0.717) is 0 Å². The molecule has 0 aromatic rings. The number of terminal acetylenes is 1. The van der Waals surface area contributed by atoms with Crippen LogP contribution in [-0.4, -0.2) is 0 Å². The molecule has 0 heteroatoms. The third kappa shape index (κ3) is 39.6. The third-order valence-electron chi connectivity index (χ3n) is 9.42. The molecule has 0 N–H and O–H groups in total. The summed E-state index contributed by atoms with van der Waals surface area (Å²) in [5.41, 5.74) is 0. The van der Waals surface area contributed by atoms with Gasteiger partial charge in [0, 0.05) is 6.42 Å². The maximum Gasteiger partial charge on any atom is 0.00860 e. The molecule has 0 aromatic carbocycles. The molecule has 0 saturated heterocycles. The predicted octanol–water partition coefficient (Wildman–Crippen LogP) is 15.5. The molecule has 0 aromatic heterocycles. The first kappa shape index (κ1) is 40.6. The SMILES string of the molecule is C#CCCCCCCCCCCCCCCCCCCCCCCCCCCCCCCCCCCCCCCC. The van der Waals surface area contributed by atoms with Crippen molar-refractivity contribution in [3.63, 3.8) is 0 Å². The van der Waals surface area contributed by atoms with Gasteiger partial charge in [0.1, 0.15) is 0 Å². The molecule has 0 aliphatic heterocycles. The second-order valence-corrected chi connectivity index (χ2v) is 13.7. The van der Waals surface area contributed by atoms with Crippen molar-refractivity contribution in [1.82, 2.24) is 0 Å². The van der Waals surface area contributed by atoms with Crippen LogP contribution >= 0.6 is 0 Å². The number of hydrogen-bond donors (Lipinski definition) is 0. The molecule has 41 heavy (non-hydrogen) atoms. The van der Waals surface area contributed by atoms with Crippen LogP contribution in [0.3, 0.4) is 0 Å². The van der Waals surface area contributed by atoms with Crippen LogP contribution in [-0.2, 0) is 0 Å². The fraction of sp³-hybridized carbons (Fsp3) is 0.951. The molecule has 0 atom stereocenters. The van der Waals surface area contributed by atoms with Gasteiger partial charge < -0.3 is 0 Å². The van der Waals surface area contributed by atoms with Crippen LogP contribution in [0, 0.1) is 12.3 Å². The molecule has 0 spiro atoms. The maximum absolute atomic E-state index is 5.30. The Balaban J connectivity index is 3.02. The normalized spacial score (nSPS) is 11.3. The second-order valence-electron chi connectivity index (χ2n) is 13.7. The van der Waals surface area contributed by atoms with Crippen LogP contribution in [0.25, 0.3) is 0 Å². The van der Waals surface area contributed by atoms with Crippen LogP contribution in [0.4, 0.5) is 0 Å². The number of hydrogen-bond acceptors (Lipinski definition) is 0. The van der Waals surface area contributed by atoms with Crippen molar-refractivity contribution in [3.8, 4) is 12.3 Å². The first-order valence-electron chi connectivity index (χ1n) is 19.8.